The molecule has 1 atom stereocenters. The minimum Gasteiger partial charge on any atom is -0.338 e. The average molecular weight is 349 g/mol. The zero-order chi connectivity index (χ0) is 16.5. The second kappa shape index (κ2) is 11.6. The Balaban J connectivity index is 0.00000484. The summed E-state index contributed by atoms with van der Waals surface area (Å²) >= 11 is 0. The molecule has 1 rings (SSSR count). The van der Waals surface area contributed by atoms with E-state index in [-0.39, 0.29) is 24.4 Å². The van der Waals surface area contributed by atoms with Crippen molar-refractivity contribution in [3.05, 3.63) is 0 Å². The third-order valence-electron chi connectivity index (χ3n) is 4.29. The Kier molecular flexibility index (Phi) is 11.2. The fourth-order valence-electron chi connectivity index (χ4n) is 2.70. The number of amides is 3. The third kappa shape index (κ3) is 8.53. The van der Waals surface area contributed by atoms with Crippen LogP contribution in [0.25, 0.3) is 0 Å². The maximum Gasteiger partial charge on any atom is 0.321 e. The molecule has 0 aromatic rings. The molecular formula is C16H33ClN4O2. The van der Waals surface area contributed by atoms with Crippen LogP contribution in [-0.4, -0.2) is 56.1 Å². The summed E-state index contributed by atoms with van der Waals surface area (Å²) in [5.41, 5.74) is 0. The first-order valence-electron chi connectivity index (χ1n) is 8.41. The maximum atomic E-state index is 12.1. The second-order valence-electron chi connectivity index (χ2n) is 6.64. The highest BCUT2D eigenvalue weighted by Crippen LogP contribution is 2.21. The number of nitrogens with zero attached hydrogens (tertiary/aromatic N) is 1. The van der Waals surface area contributed by atoms with Crippen molar-refractivity contribution in [2.45, 2.75) is 46.1 Å². The molecule has 0 spiro atoms. The molecule has 1 saturated heterocycles. The Labute approximate surface area is 146 Å². The lowest BCUT2D eigenvalue weighted by Crippen LogP contribution is -2.51. The molecule has 0 aliphatic carbocycles. The number of piperidine rings is 1. The predicted molar refractivity (Wildman–Crippen MR) is 95.9 cm³/mol. The first kappa shape index (κ1) is 22.1. The van der Waals surface area contributed by atoms with Crippen LogP contribution in [0.1, 0.15) is 40.0 Å². The normalized spacial score (nSPS) is 17.4. The Morgan fingerprint density at radius 2 is 1.78 bits per heavy atom. The molecule has 1 aliphatic heterocycles. The van der Waals surface area contributed by atoms with Gasteiger partial charge in [-0.3, -0.25) is 15.0 Å². The van der Waals surface area contributed by atoms with E-state index in [1.165, 1.54) is 6.42 Å². The minimum absolute atomic E-state index is 0. The van der Waals surface area contributed by atoms with Gasteiger partial charge in [0.25, 0.3) is 0 Å². The van der Waals surface area contributed by atoms with Crippen LogP contribution in [0.5, 0.6) is 0 Å². The predicted octanol–water partition coefficient (Wildman–Crippen LogP) is 1.60. The van der Waals surface area contributed by atoms with Gasteiger partial charge in [0, 0.05) is 6.54 Å². The molecule has 1 heterocycles. The number of halogens is 1. The van der Waals surface area contributed by atoms with Crippen LogP contribution < -0.4 is 16.0 Å². The van der Waals surface area contributed by atoms with Gasteiger partial charge >= 0.3 is 6.03 Å². The van der Waals surface area contributed by atoms with Gasteiger partial charge in [0.1, 0.15) is 0 Å². The van der Waals surface area contributed by atoms with Gasteiger partial charge in [0.05, 0.1) is 6.04 Å². The van der Waals surface area contributed by atoms with Gasteiger partial charge in [-0.15, -0.1) is 12.4 Å². The van der Waals surface area contributed by atoms with Gasteiger partial charge in [-0.05, 0) is 64.7 Å². The molecule has 6 nitrogen and oxygen atoms in total. The van der Waals surface area contributed by atoms with Crippen LogP contribution in [0.4, 0.5) is 4.79 Å². The molecule has 3 amide bonds. The van der Waals surface area contributed by atoms with Crippen molar-refractivity contribution < 1.29 is 9.59 Å². The van der Waals surface area contributed by atoms with Gasteiger partial charge < -0.3 is 10.6 Å². The molecule has 0 bridgehead atoms. The lowest BCUT2D eigenvalue weighted by molar-refractivity contribution is -0.125. The van der Waals surface area contributed by atoms with Crippen molar-refractivity contribution in [2.24, 2.45) is 11.8 Å². The van der Waals surface area contributed by atoms with Crippen LogP contribution in [0.2, 0.25) is 0 Å². The number of rotatable bonds is 7. The van der Waals surface area contributed by atoms with Gasteiger partial charge in [-0.2, -0.15) is 0 Å². The number of imide groups is 1. The van der Waals surface area contributed by atoms with Gasteiger partial charge in [0.2, 0.25) is 5.91 Å². The molecule has 1 fully saturated rings. The van der Waals surface area contributed by atoms with Crippen LogP contribution in [0, 0.1) is 11.8 Å². The van der Waals surface area contributed by atoms with Crippen molar-refractivity contribution >= 4 is 24.3 Å². The highest BCUT2D eigenvalue weighted by Gasteiger charge is 2.27. The van der Waals surface area contributed by atoms with Crippen LogP contribution in [-0.2, 0) is 4.79 Å². The topological polar surface area (TPSA) is 73.5 Å². The smallest absolute Gasteiger partial charge is 0.321 e. The van der Waals surface area contributed by atoms with Crippen molar-refractivity contribution in [1.82, 2.24) is 20.9 Å². The summed E-state index contributed by atoms with van der Waals surface area (Å²) in [6.07, 6.45) is 3.44. The second-order valence-corrected chi connectivity index (χ2v) is 6.64. The number of hydrogen-bond donors (Lipinski definition) is 3. The van der Waals surface area contributed by atoms with Crippen LogP contribution in [0.15, 0.2) is 0 Å². The number of nitrogens with one attached hydrogen (secondary N) is 3. The van der Waals surface area contributed by atoms with E-state index in [0.29, 0.717) is 12.5 Å². The summed E-state index contributed by atoms with van der Waals surface area (Å²) in [4.78, 5) is 25.9. The zero-order valence-corrected chi connectivity index (χ0v) is 15.7. The third-order valence-corrected chi connectivity index (χ3v) is 4.29. The van der Waals surface area contributed by atoms with E-state index in [2.05, 4.69) is 20.9 Å². The molecule has 0 aromatic heterocycles. The first-order valence-corrected chi connectivity index (χ1v) is 8.41. The number of likely N-dealkylation sites (tertiary alicyclic amines) is 1. The average Bonchev–Trinajstić information content (AvgIpc) is 2.50. The molecule has 0 radical (unpaired) electrons. The summed E-state index contributed by atoms with van der Waals surface area (Å²) in [6, 6.07) is -0.649. The van der Waals surface area contributed by atoms with Crippen molar-refractivity contribution in [3.63, 3.8) is 0 Å². The number of carbonyl (C=O) groups is 2. The zero-order valence-electron chi connectivity index (χ0n) is 14.9. The monoisotopic (exact) mass is 348 g/mol. The quantitative estimate of drug-likeness (QED) is 0.653. The lowest BCUT2D eigenvalue weighted by atomic mass is 9.93. The molecule has 0 aromatic carbocycles. The van der Waals surface area contributed by atoms with Gasteiger partial charge in [0.15, 0.2) is 0 Å². The van der Waals surface area contributed by atoms with E-state index in [9.17, 15) is 9.59 Å². The Bertz CT molecular complexity index is 358. The van der Waals surface area contributed by atoms with E-state index >= 15 is 0 Å². The van der Waals surface area contributed by atoms with E-state index in [4.69, 9.17) is 0 Å². The number of urea groups is 1. The Morgan fingerprint density at radius 1 is 1.17 bits per heavy atom. The molecule has 1 aliphatic rings. The van der Waals surface area contributed by atoms with E-state index in [1.54, 1.807) is 0 Å². The molecule has 7 heteroatoms. The number of carbonyl (C=O) groups excluding carboxylic acids is 2. The highest BCUT2D eigenvalue weighted by molar-refractivity contribution is 5.96. The lowest BCUT2D eigenvalue weighted by Gasteiger charge is -2.35. The van der Waals surface area contributed by atoms with Crippen LogP contribution in [0.3, 0.4) is 0 Å². The van der Waals surface area contributed by atoms with Crippen molar-refractivity contribution in [1.29, 1.82) is 0 Å². The molecule has 23 heavy (non-hydrogen) atoms. The molecule has 0 saturated carbocycles. The molecule has 1 unspecified atom stereocenters. The summed E-state index contributed by atoms with van der Waals surface area (Å²) in [6.45, 7) is 9.39. The standard InChI is InChI=1S/C16H32N4O2.ClH/c1-12(2)11-18-16(22)19-15(21)13(3)20-9-6-14(7-10-20)5-8-17-4;/h12-14,17H,5-11H2,1-4H3,(H2,18,19,21,22);1H. The van der Waals surface area contributed by atoms with Gasteiger partial charge in [-0.25, -0.2) is 4.79 Å². The minimum atomic E-state index is -0.394. The van der Waals surface area contributed by atoms with Crippen molar-refractivity contribution in [3.8, 4) is 0 Å². The first-order chi connectivity index (χ1) is 10.4. The van der Waals surface area contributed by atoms with Crippen LogP contribution >= 0.6 is 12.4 Å². The van der Waals surface area contributed by atoms with Crippen molar-refractivity contribution in [2.75, 3.05) is 33.2 Å². The summed E-state index contributed by atoms with van der Waals surface area (Å²) < 4.78 is 0. The Hall–Kier alpha value is -0.850. The fourth-order valence-corrected chi connectivity index (χ4v) is 2.70. The van der Waals surface area contributed by atoms with Gasteiger partial charge in [-0.1, -0.05) is 13.8 Å². The summed E-state index contributed by atoms with van der Waals surface area (Å²) in [5.74, 6) is 0.901. The highest BCUT2D eigenvalue weighted by atomic mass is 35.5. The van der Waals surface area contributed by atoms with E-state index in [1.807, 2.05) is 27.8 Å². The molecular weight excluding hydrogens is 316 g/mol. The van der Waals surface area contributed by atoms with E-state index in [0.717, 1.165) is 38.4 Å². The SMILES string of the molecule is CNCCC1CCN(C(C)C(=O)NC(=O)NCC(C)C)CC1.Cl. The summed E-state index contributed by atoms with van der Waals surface area (Å²) in [5, 5.41) is 8.33. The summed E-state index contributed by atoms with van der Waals surface area (Å²) in [7, 11) is 1.98. The molecule has 3 N–H and O–H groups in total. The largest absolute Gasteiger partial charge is 0.338 e. The molecule has 136 valence electrons. The van der Waals surface area contributed by atoms with E-state index < -0.39 is 6.03 Å². The maximum absolute atomic E-state index is 12.1. The Morgan fingerprint density at radius 3 is 2.30 bits per heavy atom. The fraction of sp³-hybridized carbons (Fsp3) is 0.875. The number of hydrogen-bond acceptors (Lipinski definition) is 4.